The highest BCUT2D eigenvalue weighted by Gasteiger charge is 2.28. The predicted octanol–water partition coefficient (Wildman–Crippen LogP) is 2.49. The van der Waals surface area contributed by atoms with Gasteiger partial charge >= 0.3 is 0 Å². The zero-order valence-corrected chi connectivity index (χ0v) is 16.4. The fourth-order valence-electron chi connectivity index (χ4n) is 3.42. The van der Waals surface area contributed by atoms with Gasteiger partial charge in [-0.1, -0.05) is 12.1 Å². The van der Waals surface area contributed by atoms with E-state index in [-0.39, 0.29) is 17.7 Å². The number of carbonyl (C=O) groups is 1. The van der Waals surface area contributed by atoms with Gasteiger partial charge in [-0.05, 0) is 49.2 Å². The number of fused-ring (bicyclic) bond motifs is 1. The van der Waals surface area contributed by atoms with Crippen molar-refractivity contribution >= 4 is 21.6 Å². The quantitative estimate of drug-likeness (QED) is 0.849. The van der Waals surface area contributed by atoms with Crippen molar-refractivity contribution in [1.82, 2.24) is 5.32 Å². The molecule has 0 radical (unpaired) electrons. The second-order valence-electron chi connectivity index (χ2n) is 6.89. The van der Waals surface area contributed by atoms with Gasteiger partial charge in [0.2, 0.25) is 10.0 Å². The first-order chi connectivity index (χ1) is 13.4. The molecular formula is C20H22N2O5S. The number of anilines is 1. The van der Waals surface area contributed by atoms with Crippen LogP contribution in [0.4, 0.5) is 5.69 Å². The van der Waals surface area contributed by atoms with E-state index in [1.54, 1.807) is 24.3 Å². The van der Waals surface area contributed by atoms with E-state index in [4.69, 9.17) is 9.47 Å². The Balaban J connectivity index is 1.50. The average molecular weight is 402 g/mol. The maximum Gasteiger partial charge on any atom is 0.251 e. The summed E-state index contributed by atoms with van der Waals surface area (Å²) in [6, 6.07) is 12.1. The largest absolute Gasteiger partial charge is 0.486 e. The van der Waals surface area contributed by atoms with Crippen LogP contribution in [0, 0.1) is 0 Å². The van der Waals surface area contributed by atoms with Crippen LogP contribution in [-0.4, -0.2) is 39.8 Å². The van der Waals surface area contributed by atoms with E-state index in [0.717, 1.165) is 5.56 Å². The Bertz CT molecular complexity index is 1010. The van der Waals surface area contributed by atoms with Crippen LogP contribution in [0.5, 0.6) is 11.5 Å². The summed E-state index contributed by atoms with van der Waals surface area (Å²) in [5, 5.41) is 2.95. The number of nitrogens with zero attached hydrogens (tertiary/aromatic N) is 1. The highest BCUT2D eigenvalue weighted by atomic mass is 32.2. The van der Waals surface area contributed by atoms with Gasteiger partial charge in [0.05, 0.1) is 17.5 Å². The molecule has 7 nitrogen and oxygen atoms in total. The molecule has 8 heteroatoms. The van der Waals surface area contributed by atoms with Crippen LogP contribution >= 0.6 is 0 Å². The van der Waals surface area contributed by atoms with Crippen molar-refractivity contribution in [2.24, 2.45) is 0 Å². The molecule has 2 heterocycles. The first kappa shape index (κ1) is 18.6. The van der Waals surface area contributed by atoms with E-state index >= 15 is 0 Å². The van der Waals surface area contributed by atoms with Gasteiger partial charge in [0.25, 0.3) is 5.91 Å². The number of ether oxygens (including phenoxy) is 2. The van der Waals surface area contributed by atoms with E-state index in [1.165, 1.54) is 4.31 Å². The van der Waals surface area contributed by atoms with Crippen molar-refractivity contribution in [3.8, 4) is 11.5 Å². The molecule has 0 saturated carbocycles. The van der Waals surface area contributed by atoms with Crippen LogP contribution in [0.1, 0.15) is 35.3 Å². The van der Waals surface area contributed by atoms with Gasteiger partial charge in [-0.2, -0.15) is 0 Å². The smallest absolute Gasteiger partial charge is 0.251 e. The van der Waals surface area contributed by atoms with Gasteiger partial charge in [-0.3, -0.25) is 9.10 Å². The van der Waals surface area contributed by atoms with E-state index in [0.29, 0.717) is 48.9 Å². The lowest BCUT2D eigenvalue weighted by Gasteiger charge is -2.21. The Morgan fingerprint density at radius 1 is 1.11 bits per heavy atom. The van der Waals surface area contributed by atoms with Gasteiger partial charge in [0, 0.05) is 12.1 Å². The zero-order valence-electron chi connectivity index (χ0n) is 15.6. The molecule has 2 aliphatic rings. The number of rotatable bonds is 4. The highest BCUT2D eigenvalue weighted by Crippen LogP contribution is 2.32. The van der Waals surface area contributed by atoms with E-state index < -0.39 is 10.0 Å². The van der Waals surface area contributed by atoms with Crippen molar-refractivity contribution < 1.29 is 22.7 Å². The number of nitrogens with one attached hydrogen (secondary N) is 1. The molecule has 0 aromatic heterocycles. The molecule has 1 amide bonds. The Kier molecular flexibility index (Phi) is 4.89. The first-order valence-corrected chi connectivity index (χ1v) is 10.9. The van der Waals surface area contributed by atoms with Crippen molar-refractivity contribution in [2.75, 3.05) is 29.8 Å². The summed E-state index contributed by atoms with van der Waals surface area (Å²) < 4.78 is 36.7. The normalized spacial score (nSPS) is 18.5. The summed E-state index contributed by atoms with van der Waals surface area (Å²) in [7, 11) is -3.28. The molecule has 4 rings (SSSR count). The number of sulfonamides is 1. The van der Waals surface area contributed by atoms with E-state index in [1.807, 2.05) is 25.1 Å². The third-order valence-electron chi connectivity index (χ3n) is 4.91. The third kappa shape index (κ3) is 3.64. The van der Waals surface area contributed by atoms with Gasteiger partial charge in [-0.25, -0.2) is 8.42 Å². The van der Waals surface area contributed by atoms with Crippen molar-refractivity contribution in [3.05, 3.63) is 53.6 Å². The Labute approximate surface area is 164 Å². The molecule has 28 heavy (non-hydrogen) atoms. The lowest BCUT2D eigenvalue weighted by molar-refractivity contribution is 0.0939. The van der Waals surface area contributed by atoms with E-state index in [9.17, 15) is 13.2 Å². The van der Waals surface area contributed by atoms with Gasteiger partial charge in [0.15, 0.2) is 11.5 Å². The third-order valence-corrected chi connectivity index (χ3v) is 6.78. The number of amides is 1. The summed E-state index contributed by atoms with van der Waals surface area (Å²) in [5.74, 6) is 1.25. The Morgan fingerprint density at radius 3 is 2.64 bits per heavy atom. The topological polar surface area (TPSA) is 84.9 Å². The van der Waals surface area contributed by atoms with Crippen LogP contribution < -0.4 is 19.1 Å². The van der Waals surface area contributed by atoms with Crippen LogP contribution in [0.15, 0.2) is 42.5 Å². The summed E-state index contributed by atoms with van der Waals surface area (Å²) in [5.41, 5.74) is 1.84. The molecule has 148 valence electrons. The van der Waals surface area contributed by atoms with Gasteiger partial charge < -0.3 is 14.8 Å². The molecule has 0 unspecified atom stereocenters. The number of hydrogen-bond donors (Lipinski definition) is 1. The molecule has 0 spiro atoms. The Hall–Kier alpha value is -2.74. The molecule has 1 fully saturated rings. The predicted molar refractivity (Wildman–Crippen MR) is 106 cm³/mol. The van der Waals surface area contributed by atoms with Crippen LogP contribution in [0.2, 0.25) is 0 Å². The minimum Gasteiger partial charge on any atom is -0.486 e. The highest BCUT2D eigenvalue weighted by molar-refractivity contribution is 7.93. The number of benzene rings is 2. The van der Waals surface area contributed by atoms with Gasteiger partial charge in [-0.15, -0.1) is 0 Å². The zero-order chi connectivity index (χ0) is 19.7. The second kappa shape index (κ2) is 7.35. The summed E-state index contributed by atoms with van der Waals surface area (Å²) in [6.45, 7) is 3.37. The maximum absolute atomic E-state index is 12.7. The molecule has 1 N–H and O–H groups in total. The molecule has 2 aromatic carbocycles. The van der Waals surface area contributed by atoms with Crippen LogP contribution in [-0.2, 0) is 10.0 Å². The Morgan fingerprint density at radius 2 is 1.89 bits per heavy atom. The maximum atomic E-state index is 12.7. The summed E-state index contributed by atoms with van der Waals surface area (Å²) in [6.07, 6.45) is 0.597. The van der Waals surface area contributed by atoms with E-state index in [2.05, 4.69) is 5.32 Å². The molecule has 2 aliphatic heterocycles. The van der Waals surface area contributed by atoms with Crippen molar-refractivity contribution in [2.45, 2.75) is 19.4 Å². The number of hydrogen-bond acceptors (Lipinski definition) is 5. The molecule has 1 atom stereocenters. The molecule has 1 saturated heterocycles. The minimum atomic E-state index is -3.28. The van der Waals surface area contributed by atoms with Crippen molar-refractivity contribution in [3.63, 3.8) is 0 Å². The monoisotopic (exact) mass is 402 g/mol. The second-order valence-corrected chi connectivity index (χ2v) is 8.90. The standard InChI is InChI=1S/C20H22N2O5S/c1-14(15-6-7-18-19(13-15)27-10-9-26-18)21-20(23)16-4-2-5-17(12-16)22-8-3-11-28(22,24)25/h2,4-7,12-14H,3,8-11H2,1H3,(H,21,23)/t14-/m1/s1. The lowest BCUT2D eigenvalue weighted by Crippen LogP contribution is -2.28. The fourth-order valence-corrected chi connectivity index (χ4v) is 4.98. The van der Waals surface area contributed by atoms with Crippen LogP contribution in [0.25, 0.3) is 0 Å². The van der Waals surface area contributed by atoms with Gasteiger partial charge in [0.1, 0.15) is 13.2 Å². The average Bonchev–Trinajstić information content (AvgIpc) is 3.06. The molecule has 2 aromatic rings. The summed E-state index contributed by atoms with van der Waals surface area (Å²) in [4.78, 5) is 12.7. The molecule has 0 bridgehead atoms. The fraction of sp³-hybridized carbons (Fsp3) is 0.350. The molecule has 0 aliphatic carbocycles. The minimum absolute atomic E-state index is 0.143. The molecular weight excluding hydrogens is 380 g/mol. The SMILES string of the molecule is C[C@@H](NC(=O)c1cccc(N2CCCS2(=O)=O)c1)c1ccc2c(c1)OCCO2. The first-order valence-electron chi connectivity index (χ1n) is 9.25. The van der Waals surface area contributed by atoms with Crippen LogP contribution in [0.3, 0.4) is 0 Å². The van der Waals surface area contributed by atoms with Crippen molar-refractivity contribution in [1.29, 1.82) is 0 Å². The lowest BCUT2D eigenvalue weighted by atomic mass is 10.1. The summed E-state index contributed by atoms with van der Waals surface area (Å²) >= 11 is 0. The number of carbonyl (C=O) groups excluding carboxylic acids is 1.